The zero-order valence-electron chi connectivity index (χ0n) is 12.8. The van der Waals surface area contributed by atoms with Crippen LogP contribution in [-0.4, -0.2) is 20.5 Å². The van der Waals surface area contributed by atoms with Crippen molar-refractivity contribution in [3.63, 3.8) is 0 Å². The number of thiazole rings is 1. The van der Waals surface area contributed by atoms with Crippen LogP contribution in [0.1, 0.15) is 16.1 Å². The lowest BCUT2D eigenvalue weighted by atomic mass is 10.2. The van der Waals surface area contributed by atoms with E-state index in [0.29, 0.717) is 17.1 Å². The van der Waals surface area contributed by atoms with E-state index in [1.54, 1.807) is 41.5 Å². The van der Waals surface area contributed by atoms with Gasteiger partial charge in [-0.15, -0.1) is 11.3 Å². The zero-order valence-corrected chi connectivity index (χ0v) is 13.7. The number of aryl methyl sites for hydroxylation is 1. The quantitative estimate of drug-likeness (QED) is 0.414. The van der Waals surface area contributed by atoms with Crippen molar-refractivity contribution in [3.05, 3.63) is 66.2 Å². The maximum atomic E-state index is 12.0. The monoisotopic (exact) mass is 335 g/mol. The molecule has 0 spiro atoms. The Morgan fingerprint density at radius 3 is 2.92 bits per heavy atom. The highest BCUT2D eigenvalue weighted by Gasteiger charge is 2.10. The Bertz CT molecular complexity index is 1020. The molecule has 0 N–H and O–H groups in total. The lowest BCUT2D eigenvalue weighted by Gasteiger charge is -1.89. The van der Waals surface area contributed by atoms with Crippen molar-refractivity contribution in [2.45, 2.75) is 0 Å². The Hall–Kier alpha value is -2.99. The minimum atomic E-state index is -0.110. The highest BCUT2D eigenvalue weighted by atomic mass is 32.1. The molecule has 118 valence electrons. The van der Waals surface area contributed by atoms with Crippen molar-refractivity contribution in [1.29, 1.82) is 0 Å². The second kappa shape index (κ2) is 5.90. The molecule has 24 heavy (non-hydrogen) atoms. The number of hydrogen-bond donors (Lipinski definition) is 0. The van der Waals surface area contributed by atoms with Gasteiger partial charge in [-0.05, 0) is 36.4 Å². The largest absolute Gasteiger partial charge is 0.454 e. The molecule has 0 fully saturated rings. The Balaban J connectivity index is 1.56. The number of ketones is 1. The van der Waals surface area contributed by atoms with Crippen LogP contribution >= 0.6 is 11.3 Å². The molecule has 0 unspecified atom stereocenters. The molecule has 3 aromatic heterocycles. The van der Waals surface area contributed by atoms with Crippen molar-refractivity contribution in [1.82, 2.24) is 14.8 Å². The van der Waals surface area contributed by atoms with Gasteiger partial charge in [0, 0.05) is 13.2 Å². The van der Waals surface area contributed by atoms with Crippen molar-refractivity contribution in [2.75, 3.05) is 0 Å². The van der Waals surface area contributed by atoms with E-state index in [-0.39, 0.29) is 5.78 Å². The molecule has 4 aromatic rings. The van der Waals surface area contributed by atoms with Gasteiger partial charge in [0.25, 0.3) is 0 Å². The number of furan rings is 1. The summed E-state index contributed by atoms with van der Waals surface area (Å²) in [6, 6.07) is 11.7. The molecule has 0 atom stereocenters. The maximum absolute atomic E-state index is 12.0. The number of allylic oxidation sites excluding steroid dienone is 1. The van der Waals surface area contributed by atoms with Gasteiger partial charge in [-0.1, -0.05) is 12.1 Å². The molecule has 0 bridgehead atoms. The third-order valence-corrected chi connectivity index (χ3v) is 4.57. The summed E-state index contributed by atoms with van der Waals surface area (Å²) < 4.78 is 8.49. The molecule has 0 radical (unpaired) electrons. The Labute approximate surface area is 141 Å². The number of rotatable bonds is 4. The molecule has 0 aliphatic carbocycles. The molecule has 3 heterocycles. The molecule has 0 amide bonds. The standard InChI is InChI=1S/C18H13N3O2S/c1-21-11-12(10-19-21)15(22)8-6-13-7-9-16(23-13)18-20-14-4-2-3-5-17(14)24-18/h2-11H,1H3/b8-6+. The summed E-state index contributed by atoms with van der Waals surface area (Å²) in [5.41, 5.74) is 1.50. The molecule has 6 heteroatoms. The summed E-state index contributed by atoms with van der Waals surface area (Å²) in [6.45, 7) is 0. The summed E-state index contributed by atoms with van der Waals surface area (Å²) in [7, 11) is 1.78. The molecule has 0 aliphatic rings. The second-order valence-electron chi connectivity index (χ2n) is 5.29. The molecular formula is C18H13N3O2S. The van der Waals surface area contributed by atoms with Gasteiger partial charge in [0.2, 0.25) is 0 Å². The molecule has 5 nitrogen and oxygen atoms in total. The van der Waals surface area contributed by atoms with E-state index in [1.807, 2.05) is 36.4 Å². The fourth-order valence-corrected chi connectivity index (χ4v) is 3.26. The van der Waals surface area contributed by atoms with Crippen molar-refractivity contribution < 1.29 is 9.21 Å². The van der Waals surface area contributed by atoms with Crippen LogP contribution in [0.15, 0.2) is 59.3 Å². The van der Waals surface area contributed by atoms with Gasteiger partial charge in [0.05, 0.1) is 22.0 Å². The SMILES string of the molecule is Cn1cc(C(=O)/C=C/c2ccc(-c3nc4ccccc4s3)o2)cn1. The van der Waals surface area contributed by atoms with Gasteiger partial charge < -0.3 is 4.42 Å². The number of fused-ring (bicyclic) bond motifs is 1. The van der Waals surface area contributed by atoms with E-state index >= 15 is 0 Å². The Morgan fingerprint density at radius 1 is 1.25 bits per heavy atom. The molecule has 0 aliphatic heterocycles. The van der Waals surface area contributed by atoms with Crippen LogP contribution < -0.4 is 0 Å². The zero-order chi connectivity index (χ0) is 16.5. The first-order valence-corrected chi connectivity index (χ1v) is 8.17. The average Bonchev–Trinajstić information content (AvgIpc) is 3.31. The third kappa shape index (κ3) is 2.79. The van der Waals surface area contributed by atoms with Gasteiger partial charge in [0.15, 0.2) is 16.6 Å². The highest BCUT2D eigenvalue weighted by molar-refractivity contribution is 7.21. The molecule has 0 saturated carbocycles. The summed E-state index contributed by atoms with van der Waals surface area (Å²) in [6.07, 6.45) is 6.37. The van der Waals surface area contributed by atoms with Crippen LogP contribution in [0.5, 0.6) is 0 Å². The number of benzene rings is 1. The van der Waals surface area contributed by atoms with Crippen molar-refractivity contribution >= 4 is 33.4 Å². The van der Waals surface area contributed by atoms with Crippen LogP contribution in [-0.2, 0) is 7.05 Å². The Kier molecular flexibility index (Phi) is 3.59. The number of hydrogen-bond acceptors (Lipinski definition) is 5. The van der Waals surface area contributed by atoms with E-state index in [9.17, 15) is 4.79 Å². The third-order valence-electron chi connectivity index (χ3n) is 3.52. The minimum Gasteiger partial charge on any atom is -0.454 e. The van der Waals surface area contributed by atoms with Crippen LogP contribution in [0.25, 0.3) is 27.1 Å². The number of nitrogens with zero attached hydrogens (tertiary/aromatic N) is 3. The number of para-hydroxylation sites is 1. The Morgan fingerprint density at radius 2 is 2.12 bits per heavy atom. The van der Waals surface area contributed by atoms with Crippen molar-refractivity contribution in [2.24, 2.45) is 7.05 Å². The summed E-state index contributed by atoms with van der Waals surface area (Å²) in [4.78, 5) is 16.6. The van der Waals surface area contributed by atoms with E-state index in [0.717, 1.165) is 15.2 Å². The lowest BCUT2D eigenvalue weighted by molar-refractivity contribution is 0.104. The normalized spacial score (nSPS) is 11.5. The van der Waals surface area contributed by atoms with Gasteiger partial charge in [0.1, 0.15) is 5.76 Å². The fraction of sp³-hybridized carbons (Fsp3) is 0.0556. The molecule has 0 saturated heterocycles. The van der Waals surface area contributed by atoms with E-state index in [1.165, 1.54) is 6.08 Å². The predicted molar refractivity (Wildman–Crippen MR) is 93.9 cm³/mol. The smallest absolute Gasteiger partial charge is 0.189 e. The first kappa shape index (κ1) is 14.6. The van der Waals surface area contributed by atoms with Gasteiger partial charge in [-0.3, -0.25) is 9.48 Å². The average molecular weight is 335 g/mol. The van der Waals surface area contributed by atoms with E-state index < -0.39 is 0 Å². The summed E-state index contributed by atoms with van der Waals surface area (Å²) in [5, 5.41) is 4.82. The van der Waals surface area contributed by atoms with Gasteiger partial charge in [-0.2, -0.15) is 5.10 Å². The number of carbonyl (C=O) groups excluding carboxylic acids is 1. The first-order valence-electron chi connectivity index (χ1n) is 7.36. The first-order chi connectivity index (χ1) is 11.7. The van der Waals surface area contributed by atoms with Crippen LogP contribution in [0.2, 0.25) is 0 Å². The summed E-state index contributed by atoms with van der Waals surface area (Å²) >= 11 is 1.58. The number of aromatic nitrogens is 3. The summed E-state index contributed by atoms with van der Waals surface area (Å²) in [5.74, 6) is 1.20. The number of carbonyl (C=O) groups is 1. The fourth-order valence-electron chi connectivity index (χ4n) is 2.34. The molecule has 4 rings (SSSR count). The van der Waals surface area contributed by atoms with Gasteiger partial charge >= 0.3 is 0 Å². The van der Waals surface area contributed by atoms with E-state index in [2.05, 4.69) is 10.1 Å². The van der Waals surface area contributed by atoms with Crippen LogP contribution in [0.4, 0.5) is 0 Å². The van der Waals surface area contributed by atoms with Gasteiger partial charge in [-0.25, -0.2) is 4.98 Å². The highest BCUT2D eigenvalue weighted by Crippen LogP contribution is 2.31. The molecule has 1 aromatic carbocycles. The second-order valence-corrected chi connectivity index (χ2v) is 6.32. The topological polar surface area (TPSA) is 60.9 Å². The van der Waals surface area contributed by atoms with Crippen molar-refractivity contribution in [3.8, 4) is 10.8 Å². The maximum Gasteiger partial charge on any atom is 0.189 e. The molecular weight excluding hydrogens is 322 g/mol. The minimum absolute atomic E-state index is 0.110. The van der Waals surface area contributed by atoms with Crippen LogP contribution in [0, 0.1) is 0 Å². The van der Waals surface area contributed by atoms with Crippen LogP contribution in [0.3, 0.4) is 0 Å². The predicted octanol–water partition coefficient (Wildman–Crippen LogP) is 4.19. The van der Waals surface area contributed by atoms with E-state index in [4.69, 9.17) is 4.42 Å². The lowest BCUT2D eigenvalue weighted by Crippen LogP contribution is -1.91.